The van der Waals surface area contributed by atoms with Gasteiger partial charge < -0.3 is 14.8 Å². The highest BCUT2D eigenvalue weighted by molar-refractivity contribution is 9.10. The fourth-order valence-electron chi connectivity index (χ4n) is 3.84. The van der Waals surface area contributed by atoms with E-state index in [1.807, 2.05) is 59.7 Å². The lowest BCUT2D eigenvalue weighted by atomic mass is 10.1. The van der Waals surface area contributed by atoms with Gasteiger partial charge in [-0.3, -0.25) is 14.5 Å². The molecular formula is C26H29BrN2O4S2. The maximum atomic E-state index is 12.8. The molecule has 3 rings (SSSR count). The fourth-order valence-corrected chi connectivity index (χ4v) is 5.94. The highest BCUT2D eigenvalue weighted by Crippen LogP contribution is 2.39. The van der Waals surface area contributed by atoms with Crippen molar-refractivity contribution < 1.29 is 19.1 Å². The number of nitrogens with one attached hydrogen (secondary N) is 1. The van der Waals surface area contributed by atoms with Gasteiger partial charge in [-0.2, -0.15) is 0 Å². The molecule has 1 saturated heterocycles. The van der Waals surface area contributed by atoms with E-state index in [0.29, 0.717) is 31.8 Å². The number of carbonyl (C=O) groups excluding carboxylic acids is 2. The Morgan fingerprint density at radius 2 is 1.83 bits per heavy atom. The number of hydrogen-bond acceptors (Lipinski definition) is 6. The van der Waals surface area contributed by atoms with Crippen LogP contribution in [0.4, 0.5) is 5.69 Å². The van der Waals surface area contributed by atoms with Crippen LogP contribution in [-0.4, -0.2) is 40.3 Å². The number of amides is 2. The summed E-state index contributed by atoms with van der Waals surface area (Å²) in [5.74, 6) is 0.521. The minimum Gasteiger partial charge on any atom is -0.490 e. The first-order chi connectivity index (χ1) is 16.5. The molecule has 0 bridgehead atoms. The van der Waals surface area contributed by atoms with Crippen molar-refractivity contribution in [2.75, 3.05) is 18.5 Å². The molecule has 1 N–H and O–H groups in total. The van der Waals surface area contributed by atoms with E-state index in [0.717, 1.165) is 27.9 Å². The number of aryl methyl sites for hydroxylation is 3. The number of anilines is 1. The summed E-state index contributed by atoms with van der Waals surface area (Å²) < 4.78 is 12.8. The lowest BCUT2D eigenvalue weighted by Crippen LogP contribution is -2.34. The minimum absolute atomic E-state index is 0.00599. The molecule has 1 heterocycles. The van der Waals surface area contributed by atoms with Gasteiger partial charge in [0, 0.05) is 11.7 Å². The maximum Gasteiger partial charge on any atom is 0.266 e. The van der Waals surface area contributed by atoms with E-state index in [9.17, 15) is 9.59 Å². The molecule has 0 spiro atoms. The quantitative estimate of drug-likeness (QED) is 0.289. The highest BCUT2D eigenvalue weighted by Gasteiger charge is 2.33. The van der Waals surface area contributed by atoms with Crippen molar-refractivity contribution in [3.63, 3.8) is 0 Å². The number of thioether (sulfide) groups is 1. The molecule has 0 aliphatic carbocycles. The Labute approximate surface area is 224 Å². The van der Waals surface area contributed by atoms with Crippen LogP contribution in [0.3, 0.4) is 0 Å². The van der Waals surface area contributed by atoms with E-state index >= 15 is 0 Å². The van der Waals surface area contributed by atoms with Gasteiger partial charge >= 0.3 is 0 Å². The van der Waals surface area contributed by atoms with Gasteiger partial charge in [-0.05, 0) is 92.4 Å². The summed E-state index contributed by atoms with van der Waals surface area (Å²) in [5.41, 5.74) is 4.69. The molecular weight excluding hydrogens is 548 g/mol. The lowest BCUT2D eigenvalue weighted by molar-refractivity contribution is -0.123. The Hall–Kier alpha value is -2.36. The molecule has 9 heteroatoms. The zero-order valence-electron chi connectivity index (χ0n) is 20.7. The first kappa shape index (κ1) is 27.2. The Morgan fingerprint density at radius 1 is 1.17 bits per heavy atom. The van der Waals surface area contributed by atoms with Crippen molar-refractivity contribution in [2.45, 2.75) is 47.6 Å². The highest BCUT2D eigenvalue weighted by atomic mass is 79.9. The van der Waals surface area contributed by atoms with Gasteiger partial charge in [-0.1, -0.05) is 41.7 Å². The van der Waals surface area contributed by atoms with Gasteiger partial charge in [0.05, 0.1) is 16.0 Å². The lowest BCUT2D eigenvalue weighted by Gasteiger charge is -2.18. The summed E-state index contributed by atoms with van der Waals surface area (Å²) in [4.78, 5) is 27.6. The van der Waals surface area contributed by atoms with E-state index in [4.69, 9.17) is 21.7 Å². The summed E-state index contributed by atoms with van der Waals surface area (Å²) in [6.07, 6.45) is 1.79. The summed E-state index contributed by atoms with van der Waals surface area (Å²) in [7, 11) is 0. The van der Waals surface area contributed by atoms with Gasteiger partial charge in [0.15, 0.2) is 18.1 Å². The normalized spacial score (nSPS) is 14.7. The second-order valence-corrected chi connectivity index (χ2v) is 11.0. The molecule has 6 nitrogen and oxygen atoms in total. The molecule has 1 fully saturated rings. The summed E-state index contributed by atoms with van der Waals surface area (Å²) >= 11 is 10.2. The minimum atomic E-state index is -0.268. The first-order valence-corrected chi connectivity index (χ1v) is 13.3. The van der Waals surface area contributed by atoms with E-state index in [-0.39, 0.29) is 24.5 Å². The van der Waals surface area contributed by atoms with Crippen LogP contribution < -0.4 is 14.8 Å². The van der Waals surface area contributed by atoms with Crippen LogP contribution in [0, 0.1) is 20.8 Å². The molecule has 186 valence electrons. The number of hydrogen-bond donors (Lipinski definition) is 1. The van der Waals surface area contributed by atoms with E-state index in [2.05, 4.69) is 21.2 Å². The number of benzene rings is 2. The number of halogens is 1. The zero-order valence-corrected chi connectivity index (χ0v) is 23.9. The van der Waals surface area contributed by atoms with Gasteiger partial charge in [0.25, 0.3) is 11.8 Å². The van der Waals surface area contributed by atoms with Crippen molar-refractivity contribution >= 4 is 67.8 Å². The SMILES string of the molecule is CCOc1cc(/C=C2\SC(=S)N(C(C)C)C2=O)cc(Br)c1OCC(=O)Nc1c(C)cc(C)cc1C. The average Bonchev–Trinajstić information content (AvgIpc) is 3.03. The second kappa shape index (κ2) is 11.6. The predicted molar refractivity (Wildman–Crippen MR) is 150 cm³/mol. The Morgan fingerprint density at radius 3 is 2.40 bits per heavy atom. The third-order valence-corrected chi connectivity index (χ3v) is 7.18. The molecule has 0 aromatic heterocycles. The number of rotatable bonds is 8. The maximum absolute atomic E-state index is 12.8. The van der Waals surface area contributed by atoms with Crippen molar-refractivity contribution in [3.8, 4) is 11.5 Å². The third kappa shape index (κ3) is 6.45. The Bertz CT molecular complexity index is 1190. The van der Waals surface area contributed by atoms with Gasteiger partial charge in [0.2, 0.25) is 0 Å². The number of ether oxygens (including phenoxy) is 2. The molecule has 35 heavy (non-hydrogen) atoms. The predicted octanol–water partition coefficient (Wildman–Crippen LogP) is 6.40. The molecule has 0 radical (unpaired) electrons. The number of nitrogens with zero attached hydrogens (tertiary/aromatic N) is 1. The van der Waals surface area contributed by atoms with Crippen molar-refractivity contribution in [1.82, 2.24) is 4.90 Å². The number of carbonyl (C=O) groups is 2. The van der Waals surface area contributed by atoms with Crippen LogP contribution in [0.25, 0.3) is 6.08 Å². The smallest absolute Gasteiger partial charge is 0.266 e. The first-order valence-electron chi connectivity index (χ1n) is 11.3. The van der Waals surface area contributed by atoms with E-state index < -0.39 is 0 Å². The van der Waals surface area contributed by atoms with Crippen LogP contribution in [0.1, 0.15) is 43.0 Å². The fraction of sp³-hybridized carbons (Fsp3) is 0.346. The molecule has 2 aromatic rings. The monoisotopic (exact) mass is 576 g/mol. The molecule has 2 amide bonds. The third-order valence-electron chi connectivity index (χ3n) is 5.26. The summed E-state index contributed by atoms with van der Waals surface area (Å²) in [5, 5.41) is 2.94. The Balaban J connectivity index is 1.79. The van der Waals surface area contributed by atoms with Crippen LogP contribution in [0.5, 0.6) is 11.5 Å². The van der Waals surface area contributed by atoms with E-state index in [1.54, 1.807) is 17.0 Å². The van der Waals surface area contributed by atoms with Crippen LogP contribution in [0.2, 0.25) is 0 Å². The van der Waals surface area contributed by atoms with Crippen LogP contribution in [0.15, 0.2) is 33.6 Å². The molecule has 1 aliphatic rings. The molecule has 2 aromatic carbocycles. The van der Waals surface area contributed by atoms with Gasteiger partial charge in [-0.25, -0.2) is 0 Å². The van der Waals surface area contributed by atoms with Crippen LogP contribution in [-0.2, 0) is 9.59 Å². The van der Waals surface area contributed by atoms with Crippen LogP contribution >= 0.6 is 39.9 Å². The van der Waals surface area contributed by atoms with Crippen molar-refractivity contribution in [3.05, 3.63) is 55.9 Å². The van der Waals surface area contributed by atoms with Gasteiger partial charge in [0.1, 0.15) is 4.32 Å². The average molecular weight is 578 g/mol. The zero-order chi connectivity index (χ0) is 25.9. The Kier molecular flexibility index (Phi) is 9.01. The molecule has 0 saturated carbocycles. The summed E-state index contributed by atoms with van der Waals surface area (Å²) in [6, 6.07) is 7.67. The molecule has 0 unspecified atom stereocenters. The van der Waals surface area contributed by atoms with Gasteiger partial charge in [-0.15, -0.1) is 0 Å². The number of thiocarbonyl (C=S) groups is 1. The standard InChI is InChI=1S/C26H29BrN2O4S2/c1-7-32-20-11-18(12-21-25(31)29(14(2)3)26(34)35-21)10-19(27)24(20)33-13-22(30)28-23-16(5)8-15(4)9-17(23)6/h8-12,14H,7,13H2,1-6H3,(H,28,30)/b21-12-. The summed E-state index contributed by atoms with van der Waals surface area (Å²) in [6.45, 7) is 11.9. The molecule has 1 aliphatic heterocycles. The molecule has 0 atom stereocenters. The van der Waals surface area contributed by atoms with Crippen molar-refractivity contribution in [2.24, 2.45) is 0 Å². The largest absolute Gasteiger partial charge is 0.490 e. The van der Waals surface area contributed by atoms with E-state index in [1.165, 1.54) is 11.8 Å². The topological polar surface area (TPSA) is 67.9 Å². The van der Waals surface area contributed by atoms with Crippen molar-refractivity contribution in [1.29, 1.82) is 0 Å². The second-order valence-electron chi connectivity index (χ2n) is 8.52.